The molecule has 0 saturated carbocycles. The molecule has 2 heterocycles. The third-order valence-electron chi connectivity index (χ3n) is 4.63. The summed E-state index contributed by atoms with van der Waals surface area (Å²) in [5.41, 5.74) is 1.74. The summed E-state index contributed by atoms with van der Waals surface area (Å²) in [5.74, 6) is -0.0194. The Balaban J connectivity index is 1.56. The highest BCUT2D eigenvalue weighted by Gasteiger charge is 2.35. The molecule has 0 N–H and O–H groups in total. The molecule has 0 spiro atoms. The Morgan fingerprint density at radius 2 is 1.84 bits per heavy atom. The maximum absolute atomic E-state index is 12.7. The number of imide groups is 1. The van der Waals surface area contributed by atoms with Crippen molar-refractivity contribution < 1.29 is 23.5 Å². The lowest BCUT2D eigenvalue weighted by Gasteiger charge is -2.12. The number of carbonyl (C=O) groups excluding carboxylic acids is 3. The number of nitrogens with zero attached hydrogens (tertiary/aromatic N) is 1. The molecule has 0 aliphatic carbocycles. The summed E-state index contributed by atoms with van der Waals surface area (Å²) in [6, 6.07) is 17.2. The highest BCUT2D eigenvalue weighted by Crippen LogP contribution is 2.34. The van der Waals surface area contributed by atoms with Gasteiger partial charge in [-0.25, -0.2) is 4.79 Å². The zero-order chi connectivity index (χ0) is 22.0. The van der Waals surface area contributed by atoms with Crippen LogP contribution in [0.1, 0.15) is 21.7 Å². The van der Waals surface area contributed by atoms with Crippen molar-refractivity contribution in [2.24, 2.45) is 0 Å². The van der Waals surface area contributed by atoms with Gasteiger partial charge in [-0.1, -0.05) is 41.9 Å². The number of thioether (sulfide) groups is 1. The van der Waals surface area contributed by atoms with Gasteiger partial charge >= 0.3 is 5.97 Å². The van der Waals surface area contributed by atoms with Gasteiger partial charge in [-0.3, -0.25) is 14.5 Å². The number of hydrogen-bond acceptors (Lipinski definition) is 6. The van der Waals surface area contributed by atoms with Crippen molar-refractivity contribution in [3.05, 3.63) is 87.5 Å². The molecular weight excluding hydrogens is 438 g/mol. The predicted octanol–water partition coefficient (Wildman–Crippen LogP) is 5.62. The third-order valence-corrected chi connectivity index (χ3v) is 5.78. The van der Waals surface area contributed by atoms with Gasteiger partial charge in [0.05, 0.1) is 24.1 Å². The molecule has 0 bridgehead atoms. The van der Waals surface area contributed by atoms with E-state index in [4.69, 9.17) is 20.8 Å². The standard InChI is InChI=1S/C23H16ClNO5S/c1-29-22(27)18-5-3-2-4-17(18)19-11-10-16(30-19)12-20-21(26)25(23(28)31-20)13-14-6-8-15(24)9-7-14/h2-12H,13H2,1H3/b20-12+. The van der Waals surface area contributed by atoms with E-state index >= 15 is 0 Å². The van der Waals surface area contributed by atoms with E-state index < -0.39 is 11.9 Å². The van der Waals surface area contributed by atoms with Gasteiger partial charge in [0.15, 0.2) is 0 Å². The highest BCUT2D eigenvalue weighted by molar-refractivity contribution is 8.18. The number of esters is 1. The van der Waals surface area contributed by atoms with Crippen molar-refractivity contribution >= 4 is 46.6 Å². The first-order valence-corrected chi connectivity index (χ1v) is 10.4. The summed E-state index contributed by atoms with van der Waals surface area (Å²) in [6.45, 7) is 0.162. The Kier molecular flexibility index (Phi) is 5.97. The molecule has 8 heteroatoms. The summed E-state index contributed by atoms with van der Waals surface area (Å²) >= 11 is 6.74. The number of hydrogen-bond donors (Lipinski definition) is 0. The van der Waals surface area contributed by atoms with E-state index in [1.54, 1.807) is 60.7 Å². The van der Waals surface area contributed by atoms with Crippen molar-refractivity contribution in [1.29, 1.82) is 0 Å². The number of halogens is 1. The molecule has 4 rings (SSSR count). The third kappa shape index (κ3) is 4.42. The minimum absolute atomic E-state index is 0.162. The molecule has 1 saturated heterocycles. The Bertz CT molecular complexity index is 1200. The van der Waals surface area contributed by atoms with Crippen LogP contribution in [-0.2, 0) is 16.1 Å². The van der Waals surface area contributed by atoms with Gasteiger partial charge in [0.1, 0.15) is 11.5 Å². The number of ether oxygens (including phenoxy) is 1. The van der Waals surface area contributed by atoms with E-state index in [1.807, 2.05) is 0 Å². The maximum Gasteiger partial charge on any atom is 0.338 e. The molecule has 2 amide bonds. The minimum Gasteiger partial charge on any atom is -0.465 e. The van der Waals surface area contributed by atoms with Crippen LogP contribution in [0.25, 0.3) is 17.4 Å². The van der Waals surface area contributed by atoms with Crippen LogP contribution in [-0.4, -0.2) is 29.1 Å². The fourth-order valence-corrected chi connectivity index (χ4v) is 4.04. The Labute approximate surface area is 187 Å². The van der Waals surface area contributed by atoms with Gasteiger partial charge in [-0.05, 0) is 47.7 Å². The molecule has 31 heavy (non-hydrogen) atoms. The number of carbonyl (C=O) groups is 3. The molecule has 0 unspecified atom stereocenters. The van der Waals surface area contributed by atoms with Crippen LogP contribution in [0.5, 0.6) is 0 Å². The van der Waals surface area contributed by atoms with E-state index in [1.165, 1.54) is 18.1 Å². The second-order valence-electron chi connectivity index (χ2n) is 6.63. The van der Waals surface area contributed by atoms with Crippen LogP contribution in [0, 0.1) is 0 Å². The first-order chi connectivity index (χ1) is 15.0. The summed E-state index contributed by atoms with van der Waals surface area (Å²) < 4.78 is 10.6. The monoisotopic (exact) mass is 453 g/mol. The van der Waals surface area contributed by atoms with Gasteiger partial charge in [-0.2, -0.15) is 0 Å². The fourth-order valence-electron chi connectivity index (χ4n) is 3.10. The second-order valence-corrected chi connectivity index (χ2v) is 8.06. The average molecular weight is 454 g/mol. The normalized spacial score (nSPS) is 15.0. The van der Waals surface area contributed by atoms with Gasteiger partial charge in [0.2, 0.25) is 0 Å². The molecule has 1 aliphatic rings. The first kappa shape index (κ1) is 21.0. The molecule has 6 nitrogen and oxygen atoms in total. The lowest BCUT2D eigenvalue weighted by molar-refractivity contribution is -0.123. The van der Waals surface area contributed by atoms with Crippen LogP contribution >= 0.6 is 23.4 Å². The van der Waals surface area contributed by atoms with Crippen molar-refractivity contribution in [2.45, 2.75) is 6.54 Å². The molecule has 1 aliphatic heterocycles. The zero-order valence-corrected chi connectivity index (χ0v) is 17.9. The first-order valence-electron chi connectivity index (χ1n) is 9.23. The number of methoxy groups -OCH3 is 1. The number of amides is 2. The smallest absolute Gasteiger partial charge is 0.338 e. The van der Waals surface area contributed by atoms with Crippen molar-refractivity contribution in [3.8, 4) is 11.3 Å². The van der Waals surface area contributed by atoms with Crippen LogP contribution in [0.3, 0.4) is 0 Å². The van der Waals surface area contributed by atoms with E-state index in [0.717, 1.165) is 17.3 Å². The van der Waals surface area contributed by atoms with Crippen molar-refractivity contribution in [2.75, 3.05) is 7.11 Å². The van der Waals surface area contributed by atoms with Crippen molar-refractivity contribution in [1.82, 2.24) is 4.90 Å². The maximum atomic E-state index is 12.7. The minimum atomic E-state index is -0.475. The number of rotatable bonds is 5. The predicted molar refractivity (Wildman–Crippen MR) is 118 cm³/mol. The summed E-state index contributed by atoms with van der Waals surface area (Å²) in [6.07, 6.45) is 1.52. The van der Waals surface area contributed by atoms with E-state index in [9.17, 15) is 14.4 Å². The number of furan rings is 1. The largest absolute Gasteiger partial charge is 0.465 e. The lowest BCUT2D eigenvalue weighted by atomic mass is 10.1. The molecule has 0 atom stereocenters. The molecule has 1 aromatic heterocycles. The fraction of sp³-hybridized carbons (Fsp3) is 0.0870. The lowest BCUT2D eigenvalue weighted by Crippen LogP contribution is -2.27. The average Bonchev–Trinajstić information content (AvgIpc) is 3.35. The molecule has 1 fully saturated rings. The quantitative estimate of drug-likeness (QED) is 0.368. The summed E-state index contributed by atoms with van der Waals surface area (Å²) in [7, 11) is 1.31. The van der Waals surface area contributed by atoms with Gasteiger partial charge in [0, 0.05) is 16.7 Å². The summed E-state index contributed by atoms with van der Waals surface area (Å²) in [4.78, 5) is 38.5. The molecular formula is C23H16ClNO5S. The molecule has 0 radical (unpaired) electrons. The second kappa shape index (κ2) is 8.83. The van der Waals surface area contributed by atoms with Gasteiger partial charge in [-0.15, -0.1) is 0 Å². The van der Waals surface area contributed by atoms with Crippen LogP contribution in [0.4, 0.5) is 4.79 Å². The molecule has 156 valence electrons. The summed E-state index contributed by atoms with van der Waals surface area (Å²) in [5, 5.41) is 0.231. The molecule has 2 aromatic carbocycles. The van der Waals surface area contributed by atoms with Gasteiger partial charge in [0.25, 0.3) is 11.1 Å². The molecule has 3 aromatic rings. The van der Waals surface area contributed by atoms with E-state index in [0.29, 0.717) is 27.7 Å². The topological polar surface area (TPSA) is 76.8 Å². The van der Waals surface area contributed by atoms with E-state index in [-0.39, 0.29) is 16.7 Å². The highest BCUT2D eigenvalue weighted by atomic mass is 35.5. The number of benzene rings is 2. The van der Waals surface area contributed by atoms with Crippen LogP contribution < -0.4 is 0 Å². The van der Waals surface area contributed by atoms with Gasteiger partial charge < -0.3 is 9.15 Å². The van der Waals surface area contributed by atoms with Crippen molar-refractivity contribution in [3.63, 3.8) is 0 Å². The van der Waals surface area contributed by atoms with E-state index in [2.05, 4.69) is 0 Å². The Hall–Kier alpha value is -3.29. The zero-order valence-electron chi connectivity index (χ0n) is 16.3. The van der Waals surface area contributed by atoms with Crippen LogP contribution in [0.2, 0.25) is 5.02 Å². The Morgan fingerprint density at radius 3 is 2.58 bits per heavy atom. The van der Waals surface area contributed by atoms with Crippen LogP contribution in [0.15, 0.2) is 70.0 Å². The SMILES string of the molecule is COC(=O)c1ccccc1-c1ccc(/C=C2/SC(=O)N(Cc3ccc(Cl)cc3)C2=O)o1. The Morgan fingerprint density at radius 1 is 1.10 bits per heavy atom.